The molecule has 0 aliphatic rings. The molecular weight excluding hydrogens is 342 g/mol. The molecule has 0 fully saturated rings. The van der Waals surface area contributed by atoms with Crippen LogP contribution >= 0.6 is 0 Å². The first kappa shape index (κ1) is 20.6. The van der Waals surface area contributed by atoms with Gasteiger partial charge in [-0.2, -0.15) is 0 Å². The van der Waals surface area contributed by atoms with Crippen molar-refractivity contribution in [3.8, 4) is 11.5 Å². The van der Waals surface area contributed by atoms with Crippen LogP contribution in [0.15, 0.2) is 42.5 Å². The predicted molar refractivity (Wildman–Crippen MR) is 108 cm³/mol. The van der Waals surface area contributed by atoms with Crippen molar-refractivity contribution >= 4 is 11.7 Å². The first-order valence-corrected chi connectivity index (χ1v) is 9.24. The molecule has 2 N–H and O–H groups in total. The molecule has 2 rings (SSSR count). The molecule has 0 aliphatic carbocycles. The van der Waals surface area contributed by atoms with Gasteiger partial charge in [-0.3, -0.25) is 0 Å². The summed E-state index contributed by atoms with van der Waals surface area (Å²) in [5.41, 5.74) is 8.18. The van der Waals surface area contributed by atoms with Gasteiger partial charge < -0.3 is 19.9 Å². The molecule has 5 heteroatoms. The summed E-state index contributed by atoms with van der Waals surface area (Å²) in [5, 5.41) is 0. The first-order valence-electron chi connectivity index (χ1n) is 9.24. The fourth-order valence-corrected chi connectivity index (χ4v) is 2.43. The Labute approximate surface area is 161 Å². The fourth-order valence-electron chi connectivity index (χ4n) is 2.43. The van der Waals surface area contributed by atoms with Crippen LogP contribution in [-0.2, 0) is 10.2 Å². The third-order valence-electron chi connectivity index (χ3n) is 4.02. The van der Waals surface area contributed by atoms with Gasteiger partial charge in [-0.15, -0.1) is 0 Å². The molecule has 0 atom stereocenters. The van der Waals surface area contributed by atoms with E-state index in [1.165, 1.54) is 5.56 Å². The Bertz CT molecular complexity index is 748. The maximum Gasteiger partial charge on any atom is 0.338 e. The summed E-state index contributed by atoms with van der Waals surface area (Å²) >= 11 is 0. The van der Waals surface area contributed by atoms with Crippen LogP contribution in [0.3, 0.4) is 0 Å². The van der Waals surface area contributed by atoms with Crippen LogP contribution in [-0.4, -0.2) is 25.8 Å². The second-order valence-corrected chi connectivity index (χ2v) is 7.36. The van der Waals surface area contributed by atoms with Crippen molar-refractivity contribution in [1.29, 1.82) is 0 Å². The van der Waals surface area contributed by atoms with Gasteiger partial charge in [0.25, 0.3) is 0 Å². The van der Waals surface area contributed by atoms with Gasteiger partial charge in [-0.1, -0.05) is 39.8 Å². The Kier molecular flexibility index (Phi) is 7.11. The Balaban J connectivity index is 1.87. The van der Waals surface area contributed by atoms with Crippen molar-refractivity contribution in [1.82, 2.24) is 0 Å². The van der Waals surface area contributed by atoms with Crippen LogP contribution in [0, 0.1) is 0 Å². The molecule has 0 unspecified atom stereocenters. The van der Waals surface area contributed by atoms with Crippen molar-refractivity contribution in [3.05, 3.63) is 53.6 Å². The number of benzene rings is 2. The minimum atomic E-state index is -0.378. The topological polar surface area (TPSA) is 70.8 Å². The lowest BCUT2D eigenvalue weighted by atomic mass is 9.87. The highest BCUT2D eigenvalue weighted by Gasteiger charge is 2.13. The molecule has 0 amide bonds. The average Bonchev–Trinajstić information content (AvgIpc) is 2.64. The lowest BCUT2D eigenvalue weighted by molar-refractivity contribution is 0.0504. The number of hydrogen-bond acceptors (Lipinski definition) is 5. The average molecular weight is 371 g/mol. The number of carbonyl (C=O) groups is 1. The van der Waals surface area contributed by atoms with Gasteiger partial charge in [-0.25, -0.2) is 4.79 Å². The number of carbonyl (C=O) groups excluding carboxylic acids is 1. The summed E-state index contributed by atoms with van der Waals surface area (Å²) in [5.74, 6) is 0.862. The van der Waals surface area contributed by atoms with Crippen LogP contribution in [0.2, 0.25) is 0 Å². The summed E-state index contributed by atoms with van der Waals surface area (Å²) in [6, 6.07) is 12.9. The van der Waals surface area contributed by atoms with E-state index in [9.17, 15) is 4.79 Å². The van der Waals surface area contributed by atoms with Gasteiger partial charge in [0, 0.05) is 0 Å². The second-order valence-electron chi connectivity index (χ2n) is 7.36. The molecule has 146 valence electrons. The minimum absolute atomic E-state index is 0.114. The quantitative estimate of drug-likeness (QED) is 0.417. The molecule has 5 nitrogen and oxygen atoms in total. The third-order valence-corrected chi connectivity index (χ3v) is 4.02. The van der Waals surface area contributed by atoms with Crippen LogP contribution < -0.4 is 15.2 Å². The highest BCUT2D eigenvalue weighted by Crippen LogP contribution is 2.25. The zero-order valence-corrected chi connectivity index (χ0v) is 16.6. The number of nitrogen functional groups attached to an aromatic ring is 1. The van der Waals surface area contributed by atoms with Crippen molar-refractivity contribution in [2.24, 2.45) is 0 Å². The Morgan fingerprint density at radius 3 is 2.26 bits per heavy atom. The molecule has 2 aromatic carbocycles. The molecule has 0 aliphatic heterocycles. The highest BCUT2D eigenvalue weighted by molar-refractivity contribution is 5.90. The van der Waals surface area contributed by atoms with E-state index >= 15 is 0 Å². The number of hydrogen-bond donors (Lipinski definition) is 1. The van der Waals surface area contributed by atoms with Gasteiger partial charge in [0.05, 0.1) is 17.9 Å². The van der Waals surface area contributed by atoms with E-state index in [4.69, 9.17) is 19.9 Å². The molecule has 0 saturated heterocycles. The van der Waals surface area contributed by atoms with E-state index in [1.807, 2.05) is 19.1 Å². The van der Waals surface area contributed by atoms with E-state index in [2.05, 4.69) is 32.9 Å². The Hall–Kier alpha value is -2.69. The van der Waals surface area contributed by atoms with Crippen LogP contribution in [0.4, 0.5) is 5.69 Å². The van der Waals surface area contributed by atoms with Crippen molar-refractivity contribution in [2.45, 2.75) is 39.5 Å². The molecule has 27 heavy (non-hydrogen) atoms. The fraction of sp³-hybridized carbons (Fsp3) is 0.409. The Morgan fingerprint density at radius 2 is 1.63 bits per heavy atom. The standard InChI is InChI=1S/C22H29NO4/c1-5-12-27-21(24)16-6-11-19(23)20(15-16)26-14-13-25-18-9-7-17(8-10-18)22(2,3)4/h6-11,15H,5,12-14,23H2,1-4H3. The number of nitrogens with two attached hydrogens (primary N) is 1. The number of rotatable bonds is 8. The monoisotopic (exact) mass is 371 g/mol. The van der Waals surface area contributed by atoms with Gasteiger partial charge in [0.2, 0.25) is 0 Å². The van der Waals surface area contributed by atoms with Crippen LogP contribution in [0.1, 0.15) is 50.0 Å². The van der Waals surface area contributed by atoms with Crippen LogP contribution in [0.5, 0.6) is 11.5 Å². The lowest BCUT2D eigenvalue weighted by Gasteiger charge is -2.19. The summed E-state index contributed by atoms with van der Waals surface area (Å²) in [4.78, 5) is 11.9. The van der Waals surface area contributed by atoms with Crippen LogP contribution in [0.25, 0.3) is 0 Å². The maximum atomic E-state index is 11.9. The van der Waals surface area contributed by atoms with Gasteiger partial charge in [-0.05, 0) is 47.7 Å². The zero-order chi connectivity index (χ0) is 19.9. The lowest BCUT2D eigenvalue weighted by Crippen LogP contribution is -2.12. The maximum absolute atomic E-state index is 11.9. The summed E-state index contributed by atoms with van der Waals surface area (Å²) < 4.78 is 16.5. The number of anilines is 1. The summed E-state index contributed by atoms with van der Waals surface area (Å²) in [7, 11) is 0. The number of ether oxygens (including phenoxy) is 3. The molecule has 0 saturated carbocycles. The van der Waals surface area contributed by atoms with E-state index < -0.39 is 0 Å². The Morgan fingerprint density at radius 1 is 0.963 bits per heavy atom. The van der Waals surface area contributed by atoms with Gasteiger partial charge in [0.1, 0.15) is 24.7 Å². The van der Waals surface area contributed by atoms with E-state index in [0.29, 0.717) is 36.8 Å². The summed E-state index contributed by atoms with van der Waals surface area (Å²) in [6.07, 6.45) is 0.776. The molecule has 0 radical (unpaired) electrons. The summed E-state index contributed by atoms with van der Waals surface area (Å²) in [6.45, 7) is 9.55. The first-order chi connectivity index (χ1) is 12.8. The van der Waals surface area contributed by atoms with Crippen molar-refractivity contribution in [3.63, 3.8) is 0 Å². The van der Waals surface area contributed by atoms with Gasteiger partial charge >= 0.3 is 5.97 Å². The van der Waals surface area contributed by atoms with E-state index in [0.717, 1.165) is 12.2 Å². The molecule has 0 heterocycles. The second kappa shape index (κ2) is 9.31. The van der Waals surface area contributed by atoms with Gasteiger partial charge in [0.15, 0.2) is 0 Å². The van der Waals surface area contributed by atoms with Crippen molar-refractivity contribution < 1.29 is 19.0 Å². The smallest absolute Gasteiger partial charge is 0.338 e. The highest BCUT2D eigenvalue weighted by atomic mass is 16.5. The van der Waals surface area contributed by atoms with E-state index in [-0.39, 0.29) is 11.4 Å². The van der Waals surface area contributed by atoms with Crippen molar-refractivity contribution in [2.75, 3.05) is 25.6 Å². The molecule has 2 aromatic rings. The zero-order valence-electron chi connectivity index (χ0n) is 16.6. The minimum Gasteiger partial charge on any atom is -0.490 e. The normalized spacial score (nSPS) is 11.1. The van der Waals surface area contributed by atoms with E-state index in [1.54, 1.807) is 18.2 Å². The largest absolute Gasteiger partial charge is 0.490 e. The molecule has 0 aromatic heterocycles. The number of esters is 1. The SMILES string of the molecule is CCCOC(=O)c1ccc(N)c(OCCOc2ccc(C(C)(C)C)cc2)c1. The molecular formula is C22H29NO4. The molecule has 0 spiro atoms. The third kappa shape index (κ3) is 6.20. The predicted octanol–water partition coefficient (Wildman–Crippen LogP) is 4.59. The molecule has 0 bridgehead atoms.